The number of terminal acetylenes is 1. The van der Waals surface area contributed by atoms with Crippen LogP contribution in [0.5, 0.6) is 0 Å². The second-order valence-corrected chi connectivity index (χ2v) is 2.82. The first-order valence-corrected chi connectivity index (χ1v) is 4.16. The summed E-state index contributed by atoms with van der Waals surface area (Å²) in [6.07, 6.45) is 5.85. The molecular weight excluding hydrogens is 176 g/mol. The van der Waals surface area contributed by atoms with Gasteiger partial charge in [-0.1, -0.05) is 18.2 Å². The molecule has 0 bridgehead atoms. The minimum atomic E-state index is 0.587. The van der Waals surface area contributed by atoms with Crippen LogP contribution in [-0.4, -0.2) is 20.6 Å². The molecule has 1 heterocycles. The zero-order valence-electron chi connectivity index (χ0n) is 7.44. The molecular formula is C10H8N4. The summed E-state index contributed by atoms with van der Waals surface area (Å²) in [7, 11) is 0. The lowest BCUT2D eigenvalue weighted by Crippen LogP contribution is -1.85. The molecule has 1 N–H and O–H groups in total. The van der Waals surface area contributed by atoms with E-state index in [1.165, 1.54) is 0 Å². The molecule has 0 aliphatic heterocycles. The zero-order chi connectivity index (χ0) is 9.80. The maximum Gasteiger partial charge on any atom is 0.204 e. The molecule has 0 unspecified atom stereocenters. The molecule has 0 fully saturated rings. The summed E-state index contributed by atoms with van der Waals surface area (Å²) in [6.45, 7) is 0. The largest absolute Gasteiger partial charge is 0.204 e. The van der Waals surface area contributed by atoms with Crippen LogP contribution in [0, 0.1) is 12.3 Å². The monoisotopic (exact) mass is 184 g/mol. The third-order valence-electron chi connectivity index (χ3n) is 1.84. The molecule has 0 saturated carbocycles. The zero-order valence-corrected chi connectivity index (χ0v) is 7.44. The van der Waals surface area contributed by atoms with Crippen molar-refractivity contribution in [1.29, 1.82) is 0 Å². The van der Waals surface area contributed by atoms with Crippen molar-refractivity contribution in [2.45, 2.75) is 6.42 Å². The van der Waals surface area contributed by atoms with Crippen molar-refractivity contribution < 1.29 is 0 Å². The Labute approximate surface area is 81.4 Å². The molecule has 0 atom stereocenters. The van der Waals surface area contributed by atoms with Gasteiger partial charge in [0.2, 0.25) is 5.82 Å². The van der Waals surface area contributed by atoms with Gasteiger partial charge in [-0.3, -0.25) is 0 Å². The van der Waals surface area contributed by atoms with Gasteiger partial charge >= 0.3 is 0 Å². The molecule has 4 nitrogen and oxygen atoms in total. The van der Waals surface area contributed by atoms with Crippen LogP contribution in [0.3, 0.4) is 0 Å². The van der Waals surface area contributed by atoms with E-state index in [2.05, 4.69) is 26.5 Å². The predicted molar refractivity (Wildman–Crippen MR) is 52.2 cm³/mol. The minimum Gasteiger partial charge on any atom is -0.177 e. The van der Waals surface area contributed by atoms with Gasteiger partial charge in [0.1, 0.15) is 0 Å². The van der Waals surface area contributed by atoms with Crippen LogP contribution >= 0.6 is 0 Å². The Hall–Kier alpha value is -2.15. The standard InChI is InChI=1S/C10H8N4/c1-2-4-8-5-3-6-9(7-8)10-11-13-14-12-10/h1,3,5-7H,4H2,(H,11,12,13,14). The first-order chi connectivity index (χ1) is 6.90. The number of H-pyrrole nitrogens is 1. The lowest BCUT2D eigenvalue weighted by atomic mass is 10.1. The Balaban J connectivity index is 2.37. The van der Waals surface area contributed by atoms with E-state index in [-0.39, 0.29) is 0 Å². The van der Waals surface area contributed by atoms with Crippen molar-refractivity contribution in [3.63, 3.8) is 0 Å². The smallest absolute Gasteiger partial charge is 0.177 e. The van der Waals surface area contributed by atoms with Crippen molar-refractivity contribution in [2.75, 3.05) is 0 Å². The van der Waals surface area contributed by atoms with Gasteiger partial charge in [0.15, 0.2) is 0 Å². The normalized spacial score (nSPS) is 9.64. The van der Waals surface area contributed by atoms with E-state index >= 15 is 0 Å². The second kappa shape index (κ2) is 3.71. The van der Waals surface area contributed by atoms with Gasteiger partial charge in [-0.25, -0.2) is 0 Å². The van der Waals surface area contributed by atoms with E-state index < -0.39 is 0 Å². The van der Waals surface area contributed by atoms with Gasteiger partial charge in [0, 0.05) is 12.0 Å². The molecule has 1 aromatic heterocycles. The number of benzene rings is 1. The van der Waals surface area contributed by atoms with Crippen molar-refractivity contribution >= 4 is 0 Å². The van der Waals surface area contributed by atoms with Crippen LogP contribution in [0.25, 0.3) is 11.4 Å². The van der Waals surface area contributed by atoms with E-state index in [4.69, 9.17) is 6.42 Å². The van der Waals surface area contributed by atoms with Gasteiger partial charge in [-0.15, -0.1) is 22.5 Å². The minimum absolute atomic E-state index is 0.587. The molecule has 0 amide bonds. The highest BCUT2D eigenvalue weighted by Crippen LogP contribution is 2.14. The Morgan fingerprint density at radius 2 is 2.36 bits per heavy atom. The summed E-state index contributed by atoms with van der Waals surface area (Å²) >= 11 is 0. The first-order valence-electron chi connectivity index (χ1n) is 4.16. The molecule has 68 valence electrons. The molecule has 2 aromatic rings. The van der Waals surface area contributed by atoms with E-state index in [1.807, 2.05) is 24.3 Å². The molecule has 0 radical (unpaired) electrons. The summed E-state index contributed by atoms with van der Waals surface area (Å²) in [4.78, 5) is 0. The Morgan fingerprint density at radius 3 is 3.07 bits per heavy atom. The van der Waals surface area contributed by atoms with Crippen molar-refractivity contribution in [2.24, 2.45) is 0 Å². The number of rotatable bonds is 2. The van der Waals surface area contributed by atoms with Gasteiger partial charge in [0.05, 0.1) is 0 Å². The van der Waals surface area contributed by atoms with Crippen molar-refractivity contribution in [3.8, 4) is 23.7 Å². The number of nitrogens with one attached hydrogen (secondary N) is 1. The highest BCUT2D eigenvalue weighted by atomic mass is 15.5. The summed E-state index contributed by atoms with van der Waals surface area (Å²) < 4.78 is 0. The number of aromatic nitrogens is 4. The highest BCUT2D eigenvalue weighted by Gasteiger charge is 2.02. The van der Waals surface area contributed by atoms with Gasteiger partial charge in [0.25, 0.3) is 0 Å². The van der Waals surface area contributed by atoms with Crippen LogP contribution in [0.1, 0.15) is 5.56 Å². The Bertz CT molecular complexity index is 453. The third-order valence-corrected chi connectivity index (χ3v) is 1.84. The van der Waals surface area contributed by atoms with E-state index in [0.29, 0.717) is 12.2 Å². The number of tetrazole rings is 1. The SMILES string of the molecule is C#CCc1cccc(-c2nn[nH]n2)c1. The van der Waals surface area contributed by atoms with E-state index in [0.717, 1.165) is 11.1 Å². The molecule has 0 aliphatic rings. The lowest BCUT2D eigenvalue weighted by Gasteiger charge is -1.97. The molecule has 4 heteroatoms. The quantitative estimate of drug-likeness (QED) is 0.709. The summed E-state index contributed by atoms with van der Waals surface area (Å²) in [5.41, 5.74) is 2.00. The van der Waals surface area contributed by atoms with Gasteiger partial charge in [-0.05, 0) is 16.8 Å². The summed E-state index contributed by atoms with van der Waals surface area (Å²) in [5, 5.41) is 13.7. The molecule has 0 aliphatic carbocycles. The molecule has 2 rings (SSSR count). The summed E-state index contributed by atoms with van der Waals surface area (Å²) in [6, 6.07) is 7.79. The predicted octanol–water partition coefficient (Wildman–Crippen LogP) is 1.04. The van der Waals surface area contributed by atoms with Gasteiger partial charge in [-0.2, -0.15) is 5.21 Å². The number of aromatic amines is 1. The van der Waals surface area contributed by atoms with Crippen LogP contribution in [0.15, 0.2) is 24.3 Å². The van der Waals surface area contributed by atoms with Crippen LogP contribution < -0.4 is 0 Å². The molecule has 0 saturated heterocycles. The Kier molecular flexibility index (Phi) is 2.24. The van der Waals surface area contributed by atoms with Crippen molar-refractivity contribution in [1.82, 2.24) is 20.6 Å². The first kappa shape index (κ1) is 8.45. The number of nitrogens with zero attached hydrogens (tertiary/aromatic N) is 3. The fourth-order valence-electron chi connectivity index (χ4n) is 1.22. The maximum atomic E-state index is 5.23. The topological polar surface area (TPSA) is 54.5 Å². The van der Waals surface area contributed by atoms with E-state index in [9.17, 15) is 0 Å². The molecule has 1 aromatic carbocycles. The van der Waals surface area contributed by atoms with E-state index in [1.54, 1.807) is 0 Å². The average Bonchev–Trinajstić information content (AvgIpc) is 2.71. The fraction of sp³-hybridized carbons (Fsp3) is 0.100. The van der Waals surface area contributed by atoms with Crippen LogP contribution in [0.2, 0.25) is 0 Å². The van der Waals surface area contributed by atoms with Crippen LogP contribution in [-0.2, 0) is 6.42 Å². The van der Waals surface area contributed by atoms with Gasteiger partial charge < -0.3 is 0 Å². The second-order valence-electron chi connectivity index (χ2n) is 2.82. The molecule has 0 spiro atoms. The number of hydrogen-bond donors (Lipinski definition) is 1. The summed E-state index contributed by atoms with van der Waals surface area (Å²) in [5.74, 6) is 3.18. The molecule has 14 heavy (non-hydrogen) atoms. The average molecular weight is 184 g/mol. The lowest BCUT2D eigenvalue weighted by molar-refractivity contribution is 0.881. The van der Waals surface area contributed by atoms with Crippen LogP contribution in [0.4, 0.5) is 0 Å². The van der Waals surface area contributed by atoms with Crippen molar-refractivity contribution in [3.05, 3.63) is 29.8 Å². The Morgan fingerprint density at radius 1 is 1.43 bits per heavy atom. The maximum absolute atomic E-state index is 5.23. The third kappa shape index (κ3) is 1.62. The highest BCUT2D eigenvalue weighted by molar-refractivity contribution is 5.55. The fourth-order valence-corrected chi connectivity index (χ4v) is 1.22. The number of hydrogen-bond acceptors (Lipinski definition) is 3.